The van der Waals surface area contributed by atoms with Crippen LogP contribution >= 0.6 is 0 Å². The molecule has 0 saturated carbocycles. The van der Waals surface area contributed by atoms with E-state index in [0.717, 1.165) is 12.1 Å². The Morgan fingerprint density at radius 1 is 1.40 bits per heavy atom. The molecule has 0 amide bonds. The molecule has 4 nitrogen and oxygen atoms in total. The number of nitro groups is 1. The first kappa shape index (κ1) is 11.3. The van der Waals surface area contributed by atoms with E-state index in [0.29, 0.717) is 0 Å². The minimum absolute atomic E-state index is 0.0693. The van der Waals surface area contributed by atoms with E-state index in [9.17, 15) is 23.3 Å². The van der Waals surface area contributed by atoms with Gasteiger partial charge >= 0.3 is 6.18 Å². The number of hydrogen-bond acceptors (Lipinski definition) is 3. The average molecular weight is 220 g/mol. The highest BCUT2D eigenvalue weighted by molar-refractivity contribution is 5.51. The quantitative estimate of drug-likeness (QED) is 0.472. The fraction of sp³-hybridized carbons (Fsp3) is 0.250. The molecular formula is C8H7F3N2O2. The smallest absolute Gasteiger partial charge is 0.393 e. The molecule has 0 aliphatic carbocycles. The van der Waals surface area contributed by atoms with Gasteiger partial charge in [-0.25, -0.2) is 0 Å². The fourth-order valence-corrected chi connectivity index (χ4v) is 1.14. The van der Waals surface area contributed by atoms with Crippen molar-refractivity contribution in [2.75, 3.05) is 5.73 Å². The van der Waals surface area contributed by atoms with E-state index in [4.69, 9.17) is 5.73 Å². The molecule has 0 fully saturated rings. The number of nitrogen functional groups attached to an aromatic ring is 1. The van der Waals surface area contributed by atoms with E-state index in [2.05, 4.69) is 0 Å². The summed E-state index contributed by atoms with van der Waals surface area (Å²) in [5, 5.41) is 10.4. The Morgan fingerprint density at radius 3 is 2.47 bits per heavy atom. The molecule has 7 heteroatoms. The largest absolute Gasteiger partial charge is 0.399 e. The molecule has 0 atom stereocenters. The van der Waals surface area contributed by atoms with Crippen molar-refractivity contribution in [3.05, 3.63) is 33.9 Å². The summed E-state index contributed by atoms with van der Waals surface area (Å²) < 4.78 is 36.2. The van der Waals surface area contributed by atoms with Gasteiger partial charge in [0.1, 0.15) is 0 Å². The highest BCUT2D eigenvalue weighted by Gasteiger charge is 2.31. The van der Waals surface area contributed by atoms with Crippen LogP contribution in [0, 0.1) is 10.1 Å². The lowest BCUT2D eigenvalue weighted by Gasteiger charge is -2.07. The van der Waals surface area contributed by atoms with Crippen LogP contribution in [0.25, 0.3) is 0 Å². The third kappa shape index (κ3) is 3.12. The van der Waals surface area contributed by atoms with Crippen LogP contribution in [0.4, 0.5) is 24.5 Å². The minimum atomic E-state index is -4.49. The van der Waals surface area contributed by atoms with E-state index in [1.807, 2.05) is 0 Å². The molecule has 0 spiro atoms. The van der Waals surface area contributed by atoms with E-state index in [1.54, 1.807) is 0 Å². The second-order valence-electron chi connectivity index (χ2n) is 2.94. The lowest BCUT2D eigenvalue weighted by Crippen LogP contribution is -2.13. The molecule has 0 aliphatic rings. The molecule has 15 heavy (non-hydrogen) atoms. The summed E-state index contributed by atoms with van der Waals surface area (Å²) in [6.45, 7) is 0. The van der Waals surface area contributed by atoms with Crippen molar-refractivity contribution in [1.29, 1.82) is 0 Å². The molecule has 1 aromatic rings. The predicted octanol–water partition coefficient (Wildman–Crippen LogP) is 2.28. The number of nitro benzene ring substituents is 1. The number of rotatable bonds is 2. The monoisotopic (exact) mass is 220 g/mol. The van der Waals surface area contributed by atoms with Crippen LogP contribution in [-0.4, -0.2) is 11.1 Å². The molecule has 1 rings (SSSR count). The molecule has 0 saturated heterocycles. The third-order valence-corrected chi connectivity index (χ3v) is 1.69. The van der Waals surface area contributed by atoms with Crippen LogP contribution in [0.2, 0.25) is 0 Å². The van der Waals surface area contributed by atoms with Gasteiger partial charge in [0.15, 0.2) is 0 Å². The molecule has 2 N–H and O–H groups in total. The molecule has 0 aromatic heterocycles. The zero-order valence-electron chi connectivity index (χ0n) is 7.41. The summed E-state index contributed by atoms with van der Waals surface area (Å²) in [7, 11) is 0. The van der Waals surface area contributed by atoms with Crippen molar-refractivity contribution in [3.63, 3.8) is 0 Å². The minimum Gasteiger partial charge on any atom is -0.399 e. The number of hydrogen-bond donors (Lipinski definition) is 1. The van der Waals surface area contributed by atoms with Gasteiger partial charge < -0.3 is 5.73 Å². The Balaban J connectivity index is 3.13. The van der Waals surface area contributed by atoms with Gasteiger partial charge in [0.25, 0.3) is 5.69 Å². The van der Waals surface area contributed by atoms with Crippen LogP contribution in [0.3, 0.4) is 0 Å². The number of nitrogens with zero attached hydrogens (tertiary/aromatic N) is 1. The Kier molecular flexibility index (Phi) is 2.83. The summed E-state index contributed by atoms with van der Waals surface area (Å²) in [5.41, 5.74) is 4.33. The topological polar surface area (TPSA) is 69.2 Å². The molecule has 0 aliphatic heterocycles. The Labute approximate surface area is 82.7 Å². The summed E-state index contributed by atoms with van der Waals surface area (Å²) in [5.74, 6) is 0. The van der Waals surface area contributed by atoms with E-state index in [1.165, 1.54) is 6.07 Å². The van der Waals surface area contributed by atoms with Crippen LogP contribution in [0.1, 0.15) is 5.56 Å². The predicted molar refractivity (Wildman–Crippen MR) is 47.3 cm³/mol. The maximum absolute atomic E-state index is 12.1. The van der Waals surface area contributed by atoms with Gasteiger partial charge in [0.2, 0.25) is 0 Å². The number of alkyl halides is 3. The lowest BCUT2D eigenvalue weighted by atomic mass is 10.1. The summed E-state index contributed by atoms with van der Waals surface area (Å²) in [4.78, 5) is 9.56. The zero-order chi connectivity index (χ0) is 11.6. The Hall–Kier alpha value is -1.79. The van der Waals surface area contributed by atoms with Gasteiger partial charge in [0, 0.05) is 17.3 Å². The number of benzene rings is 1. The summed E-state index contributed by atoms with van der Waals surface area (Å²) >= 11 is 0. The molecule has 0 unspecified atom stereocenters. The van der Waals surface area contributed by atoms with Crippen molar-refractivity contribution >= 4 is 11.4 Å². The van der Waals surface area contributed by atoms with Crippen molar-refractivity contribution in [1.82, 2.24) is 0 Å². The third-order valence-electron chi connectivity index (χ3n) is 1.69. The highest BCUT2D eigenvalue weighted by Crippen LogP contribution is 2.28. The van der Waals surface area contributed by atoms with Crippen molar-refractivity contribution in [3.8, 4) is 0 Å². The second-order valence-corrected chi connectivity index (χ2v) is 2.94. The van der Waals surface area contributed by atoms with Crippen molar-refractivity contribution in [2.24, 2.45) is 0 Å². The van der Waals surface area contributed by atoms with E-state index >= 15 is 0 Å². The SMILES string of the molecule is Nc1ccc([N+](=O)[O-])c(CC(F)(F)F)c1. The van der Waals surface area contributed by atoms with E-state index < -0.39 is 28.8 Å². The van der Waals surface area contributed by atoms with Gasteiger partial charge in [-0.05, 0) is 12.1 Å². The van der Waals surface area contributed by atoms with Crippen LogP contribution < -0.4 is 5.73 Å². The zero-order valence-corrected chi connectivity index (χ0v) is 7.41. The molecular weight excluding hydrogens is 213 g/mol. The Bertz CT molecular complexity index is 390. The fourth-order valence-electron chi connectivity index (χ4n) is 1.14. The van der Waals surface area contributed by atoms with Gasteiger partial charge in [-0.2, -0.15) is 13.2 Å². The Morgan fingerprint density at radius 2 is 2.00 bits per heavy atom. The van der Waals surface area contributed by atoms with Crippen LogP contribution in [0.5, 0.6) is 0 Å². The molecule has 0 bridgehead atoms. The van der Waals surface area contributed by atoms with E-state index in [-0.39, 0.29) is 5.69 Å². The second kappa shape index (κ2) is 3.76. The molecule has 1 aromatic carbocycles. The highest BCUT2D eigenvalue weighted by atomic mass is 19.4. The molecule has 82 valence electrons. The number of nitrogens with two attached hydrogens (primary N) is 1. The standard InChI is InChI=1S/C8H7F3N2O2/c9-8(10,11)4-5-3-6(12)1-2-7(5)13(14)15/h1-3H,4,12H2. The first-order valence-corrected chi connectivity index (χ1v) is 3.89. The number of halogens is 3. The first-order valence-electron chi connectivity index (χ1n) is 3.89. The average Bonchev–Trinajstić information content (AvgIpc) is 1.99. The maximum atomic E-state index is 12.1. The summed E-state index contributed by atoms with van der Waals surface area (Å²) in [6.07, 6.45) is -5.84. The van der Waals surface area contributed by atoms with Crippen molar-refractivity contribution in [2.45, 2.75) is 12.6 Å². The van der Waals surface area contributed by atoms with Gasteiger partial charge in [-0.15, -0.1) is 0 Å². The van der Waals surface area contributed by atoms with Crippen LogP contribution in [-0.2, 0) is 6.42 Å². The summed E-state index contributed by atoms with van der Waals surface area (Å²) in [6, 6.07) is 3.13. The van der Waals surface area contributed by atoms with Gasteiger partial charge in [0.05, 0.1) is 11.3 Å². The lowest BCUT2D eigenvalue weighted by molar-refractivity contribution is -0.386. The molecule has 0 heterocycles. The van der Waals surface area contributed by atoms with Crippen LogP contribution in [0.15, 0.2) is 18.2 Å². The first-order chi connectivity index (χ1) is 6.79. The maximum Gasteiger partial charge on any atom is 0.393 e. The number of anilines is 1. The molecule has 0 radical (unpaired) electrons. The van der Waals surface area contributed by atoms with Gasteiger partial charge in [-0.1, -0.05) is 0 Å². The van der Waals surface area contributed by atoms with Crippen molar-refractivity contribution < 1.29 is 18.1 Å². The normalized spacial score (nSPS) is 11.4. The van der Waals surface area contributed by atoms with Gasteiger partial charge in [-0.3, -0.25) is 10.1 Å².